The van der Waals surface area contributed by atoms with E-state index in [9.17, 15) is 22.0 Å². The first-order valence-corrected chi connectivity index (χ1v) is 11.2. The lowest BCUT2D eigenvalue weighted by Gasteiger charge is -2.34. The Morgan fingerprint density at radius 1 is 1.07 bits per heavy atom. The van der Waals surface area contributed by atoms with Crippen molar-refractivity contribution in [3.05, 3.63) is 59.7 Å². The zero-order valence-electron chi connectivity index (χ0n) is 16.7. The highest BCUT2D eigenvalue weighted by molar-refractivity contribution is 7.89. The standard InChI is InChI=1S/C21H24F2N2O4S/c1-2-29-19-6-4-3-5-16(19)7-10-21(26)24-11-13-25(14-12-24)30(27,28)20-9-8-17(22)15-18(20)23/h3-6,8-9,15H,2,7,10-14H2,1H3. The number of ether oxygens (including phenoxy) is 1. The molecule has 0 atom stereocenters. The Hall–Kier alpha value is -2.52. The zero-order valence-corrected chi connectivity index (χ0v) is 17.5. The number of carbonyl (C=O) groups excluding carboxylic acids is 1. The molecule has 0 aliphatic carbocycles. The Labute approximate surface area is 175 Å². The van der Waals surface area contributed by atoms with Crippen LogP contribution in [0.5, 0.6) is 5.75 Å². The van der Waals surface area contributed by atoms with Crippen molar-refractivity contribution in [1.82, 2.24) is 9.21 Å². The molecule has 0 unspecified atom stereocenters. The van der Waals surface area contributed by atoms with Crippen LogP contribution in [0.2, 0.25) is 0 Å². The highest BCUT2D eigenvalue weighted by Gasteiger charge is 2.32. The number of sulfonamides is 1. The SMILES string of the molecule is CCOc1ccccc1CCC(=O)N1CCN(S(=O)(=O)c2ccc(F)cc2F)CC1. The van der Waals surface area contributed by atoms with Crippen molar-refractivity contribution in [2.45, 2.75) is 24.7 Å². The fourth-order valence-electron chi connectivity index (χ4n) is 3.41. The number of benzene rings is 2. The fourth-order valence-corrected chi connectivity index (χ4v) is 4.88. The maximum absolute atomic E-state index is 13.9. The van der Waals surface area contributed by atoms with Crippen LogP contribution in [-0.4, -0.2) is 56.3 Å². The third-order valence-electron chi connectivity index (χ3n) is 4.98. The molecule has 1 amide bonds. The van der Waals surface area contributed by atoms with Gasteiger partial charge in [-0.1, -0.05) is 18.2 Å². The number of rotatable bonds is 7. The van der Waals surface area contributed by atoms with Gasteiger partial charge in [0.15, 0.2) is 0 Å². The summed E-state index contributed by atoms with van der Waals surface area (Å²) in [5.74, 6) is -1.29. The molecule has 0 saturated carbocycles. The van der Waals surface area contributed by atoms with E-state index in [1.807, 2.05) is 31.2 Å². The van der Waals surface area contributed by atoms with Crippen molar-refractivity contribution >= 4 is 15.9 Å². The molecule has 1 saturated heterocycles. The van der Waals surface area contributed by atoms with Gasteiger partial charge in [-0.05, 0) is 37.1 Å². The van der Waals surface area contributed by atoms with Crippen LogP contribution in [0.15, 0.2) is 47.4 Å². The van der Waals surface area contributed by atoms with E-state index in [4.69, 9.17) is 4.74 Å². The maximum Gasteiger partial charge on any atom is 0.246 e. The number of hydrogen-bond donors (Lipinski definition) is 0. The molecule has 1 fully saturated rings. The molecule has 0 aromatic heterocycles. The van der Waals surface area contributed by atoms with Gasteiger partial charge in [0.25, 0.3) is 0 Å². The van der Waals surface area contributed by atoms with E-state index >= 15 is 0 Å². The number of aryl methyl sites for hydroxylation is 1. The number of amides is 1. The number of halogens is 2. The lowest BCUT2D eigenvalue weighted by atomic mass is 10.1. The highest BCUT2D eigenvalue weighted by atomic mass is 32.2. The van der Waals surface area contributed by atoms with Crippen LogP contribution in [0.25, 0.3) is 0 Å². The number of para-hydroxylation sites is 1. The van der Waals surface area contributed by atoms with Crippen LogP contribution >= 0.6 is 0 Å². The lowest BCUT2D eigenvalue weighted by molar-refractivity contribution is -0.132. The molecular weight excluding hydrogens is 414 g/mol. The van der Waals surface area contributed by atoms with Gasteiger partial charge in [0.05, 0.1) is 6.61 Å². The van der Waals surface area contributed by atoms with Gasteiger partial charge in [-0.15, -0.1) is 0 Å². The quantitative estimate of drug-likeness (QED) is 0.667. The molecule has 0 bridgehead atoms. The van der Waals surface area contributed by atoms with Crippen LogP contribution in [0, 0.1) is 11.6 Å². The van der Waals surface area contributed by atoms with Crippen molar-refractivity contribution in [2.75, 3.05) is 32.8 Å². The van der Waals surface area contributed by atoms with E-state index < -0.39 is 26.6 Å². The summed E-state index contributed by atoms with van der Waals surface area (Å²) in [7, 11) is -4.09. The highest BCUT2D eigenvalue weighted by Crippen LogP contribution is 2.23. The third kappa shape index (κ3) is 4.96. The maximum atomic E-state index is 13.9. The predicted octanol–water partition coefficient (Wildman–Crippen LogP) is 2.83. The summed E-state index contributed by atoms with van der Waals surface area (Å²) in [4.78, 5) is 13.6. The first-order chi connectivity index (χ1) is 14.3. The monoisotopic (exact) mass is 438 g/mol. The first kappa shape index (κ1) is 22.2. The number of nitrogens with zero attached hydrogens (tertiary/aromatic N) is 2. The van der Waals surface area contributed by atoms with Crippen LogP contribution in [0.1, 0.15) is 18.9 Å². The van der Waals surface area contributed by atoms with Crippen LogP contribution in [0.3, 0.4) is 0 Å². The second kappa shape index (κ2) is 9.53. The van der Waals surface area contributed by atoms with Crippen LogP contribution < -0.4 is 4.74 Å². The van der Waals surface area contributed by atoms with Crippen LogP contribution in [-0.2, 0) is 21.2 Å². The Morgan fingerprint density at radius 2 is 1.77 bits per heavy atom. The Kier molecular flexibility index (Phi) is 7.04. The zero-order chi connectivity index (χ0) is 21.7. The molecule has 0 radical (unpaired) electrons. The summed E-state index contributed by atoms with van der Waals surface area (Å²) in [5, 5.41) is 0. The Balaban J connectivity index is 1.58. The number of hydrogen-bond acceptors (Lipinski definition) is 4. The molecule has 6 nitrogen and oxygen atoms in total. The second-order valence-electron chi connectivity index (χ2n) is 6.90. The van der Waals surface area contributed by atoms with E-state index in [0.29, 0.717) is 19.1 Å². The smallest absolute Gasteiger partial charge is 0.246 e. The van der Waals surface area contributed by atoms with Crippen molar-refractivity contribution in [3.8, 4) is 5.75 Å². The summed E-state index contributed by atoms with van der Waals surface area (Å²) in [6.07, 6.45) is 0.803. The van der Waals surface area contributed by atoms with E-state index in [2.05, 4.69) is 0 Å². The summed E-state index contributed by atoms with van der Waals surface area (Å²) in [5.41, 5.74) is 0.945. The molecule has 1 aliphatic heterocycles. The van der Waals surface area contributed by atoms with E-state index in [-0.39, 0.29) is 38.5 Å². The predicted molar refractivity (Wildman–Crippen MR) is 108 cm³/mol. The van der Waals surface area contributed by atoms with E-state index in [0.717, 1.165) is 27.8 Å². The fraction of sp³-hybridized carbons (Fsp3) is 0.381. The van der Waals surface area contributed by atoms with Gasteiger partial charge >= 0.3 is 0 Å². The molecule has 30 heavy (non-hydrogen) atoms. The summed E-state index contributed by atoms with van der Waals surface area (Å²) < 4.78 is 59.0. The molecule has 2 aromatic carbocycles. The summed E-state index contributed by atoms with van der Waals surface area (Å²) in [6.45, 7) is 2.98. The molecule has 0 N–H and O–H groups in total. The molecule has 2 aromatic rings. The van der Waals surface area contributed by atoms with E-state index in [1.54, 1.807) is 4.90 Å². The van der Waals surface area contributed by atoms with Gasteiger partial charge in [-0.3, -0.25) is 4.79 Å². The minimum Gasteiger partial charge on any atom is -0.494 e. The van der Waals surface area contributed by atoms with Crippen molar-refractivity contribution in [3.63, 3.8) is 0 Å². The Morgan fingerprint density at radius 3 is 2.43 bits per heavy atom. The van der Waals surface area contributed by atoms with Gasteiger partial charge in [0, 0.05) is 38.7 Å². The molecule has 1 aliphatic rings. The van der Waals surface area contributed by atoms with Crippen molar-refractivity contribution in [1.29, 1.82) is 0 Å². The van der Waals surface area contributed by atoms with Gasteiger partial charge in [-0.25, -0.2) is 17.2 Å². The summed E-state index contributed by atoms with van der Waals surface area (Å²) >= 11 is 0. The largest absolute Gasteiger partial charge is 0.494 e. The molecular formula is C21H24F2N2O4S. The van der Waals surface area contributed by atoms with Crippen molar-refractivity contribution in [2.24, 2.45) is 0 Å². The molecule has 0 spiro atoms. The topological polar surface area (TPSA) is 66.9 Å². The first-order valence-electron chi connectivity index (χ1n) is 9.76. The van der Waals surface area contributed by atoms with E-state index in [1.165, 1.54) is 0 Å². The minimum absolute atomic E-state index is 0.0560. The number of carbonyl (C=O) groups is 1. The number of piperazine rings is 1. The molecule has 3 rings (SSSR count). The van der Waals surface area contributed by atoms with Gasteiger partial charge < -0.3 is 9.64 Å². The average molecular weight is 438 g/mol. The van der Waals surface area contributed by atoms with Gasteiger partial charge in [-0.2, -0.15) is 4.31 Å². The lowest BCUT2D eigenvalue weighted by Crippen LogP contribution is -2.50. The normalized spacial score (nSPS) is 15.2. The third-order valence-corrected chi connectivity index (χ3v) is 6.92. The molecule has 162 valence electrons. The van der Waals surface area contributed by atoms with Crippen molar-refractivity contribution < 1.29 is 26.7 Å². The second-order valence-corrected chi connectivity index (χ2v) is 8.81. The van der Waals surface area contributed by atoms with Crippen LogP contribution in [0.4, 0.5) is 8.78 Å². The van der Waals surface area contributed by atoms with Gasteiger partial charge in [0.2, 0.25) is 15.9 Å². The Bertz CT molecular complexity index is 1010. The summed E-state index contributed by atoms with van der Waals surface area (Å²) in [6, 6.07) is 9.93. The minimum atomic E-state index is -4.09. The average Bonchev–Trinajstić information content (AvgIpc) is 2.73. The molecule has 9 heteroatoms. The molecule has 1 heterocycles. The van der Waals surface area contributed by atoms with Gasteiger partial charge in [0.1, 0.15) is 22.3 Å².